The summed E-state index contributed by atoms with van der Waals surface area (Å²) in [6.45, 7) is 5.56. The molecule has 5 atom stereocenters. The van der Waals surface area contributed by atoms with E-state index in [-0.39, 0.29) is 18.3 Å². The SMILES string of the molecule is CC(C)[C@H](NC(=O)[C@@H](NC(=O)C(NC(=O)[C@H](CC(N)=O)NC(=O)/C=C/C(=O)NCC(=O)NCC(=O)N[C@@H](Cc1ccccc1)C(=O)O)C1CCCCC1)C(C)C)C(N)=O. The minimum absolute atomic E-state index is 0.0128. The molecule has 12 N–H and O–H groups in total. The molecule has 0 spiro atoms. The lowest BCUT2D eigenvalue weighted by molar-refractivity contribution is -0.141. The topological polar surface area (TPSA) is 327 Å². The van der Waals surface area contributed by atoms with Crippen molar-refractivity contribution < 1.29 is 53.1 Å². The minimum Gasteiger partial charge on any atom is -0.480 e. The molecule has 9 amide bonds. The Kier molecular flexibility index (Phi) is 20.2. The molecule has 1 aromatic rings. The summed E-state index contributed by atoms with van der Waals surface area (Å²) in [6, 6.07) is 2.47. The van der Waals surface area contributed by atoms with E-state index in [9.17, 15) is 53.1 Å². The number of nitrogens with one attached hydrogen (secondary N) is 7. The van der Waals surface area contributed by atoms with Crippen molar-refractivity contribution >= 4 is 59.1 Å². The van der Waals surface area contributed by atoms with Gasteiger partial charge in [0.1, 0.15) is 30.2 Å². The number of nitrogens with two attached hydrogens (primary N) is 2. The summed E-state index contributed by atoms with van der Waals surface area (Å²) in [5.41, 5.74) is 11.5. The molecule has 1 aromatic carbocycles. The van der Waals surface area contributed by atoms with Gasteiger partial charge in [0.15, 0.2) is 0 Å². The number of rotatable bonds is 23. The minimum atomic E-state index is -1.58. The lowest BCUT2D eigenvalue weighted by atomic mass is 9.83. The molecular formula is C39H57N9O11. The Hall–Kier alpha value is -6.34. The zero-order chi connectivity index (χ0) is 44.2. The molecule has 0 aliphatic heterocycles. The third-order valence-electron chi connectivity index (χ3n) is 9.43. The van der Waals surface area contributed by atoms with E-state index in [0.717, 1.165) is 31.4 Å². The number of primary amides is 2. The van der Waals surface area contributed by atoms with Crippen LogP contribution in [0, 0.1) is 17.8 Å². The first kappa shape index (κ1) is 48.8. The van der Waals surface area contributed by atoms with Gasteiger partial charge < -0.3 is 53.8 Å². The summed E-state index contributed by atoms with van der Waals surface area (Å²) in [6.07, 6.45) is 4.37. The van der Waals surface area contributed by atoms with Crippen molar-refractivity contribution in [1.82, 2.24) is 37.2 Å². The molecule has 20 nitrogen and oxygen atoms in total. The van der Waals surface area contributed by atoms with Crippen LogP contribution in [-0.2, 0) is 54.4 Å². The zero-order valence-electron chi connectivity index (χ0n) is 33.7. The number of carbonyl (C=O) groups is 10. The zero-order valence-corrected chi connectivity index (χ0v) is 33.7. The molecule has 2 rings (SSSR count). The second-order valence-electron chi connectivity index (χ2n) is 15.0. The molecule has 0 radical (unpaired) electrons. The highest BCUT2D eigenvalue weighted by Gasteiger charge is 2.37. The Labute approximate surface area is 342 Å². The summed E-state index contributed by atoms with van der Waals surface area (Å²) in [5, 5.41) is 26.4. The number of hydrogen-bond donors (Lipinski definition) is 10. The van der Waals surface area contributed by atoms with Crippen molar-refractivity contribution in [2.75, 3.05) is 13.1 Å². The lowest BCUT2D eigenvalue weighted by Crippen LogP contribution is -2.61. The van der Waals surface area contributed by atoms with E-state index in [0.29, 0.717) is 18.4 Å². The number of aliphatic carboxylic acids is 1. The van der Waals surface area contributed by atoms with Crippen LogP contribution in [0.3, 0.4) is 0 Å². The van der Waals surface area contributed by atoms with E-state index >= 15 is 0 Å². The van der Waals surface area contributed by atoms with Crippen molar-refractivity contribution in [2.24, 2.45) is 29.2 Å². The van der Waals surface area contributed by atoms with Gasteiger partial charge in [0.25, 0.3) is 0 Å². The smallest absolute Gasteiger partial charge is 0.326 e. The maximum atomic E-state index is 13.8. The third-order valence-corrected chi connectivity index (χ3v) is 9.43. The quantitative estimate of drug-likeness (QED) is 0.0527. The van der Waals surface area contributed by atoms with Crippen LogP contribution in [0.4, 0.5) is 0 Å². The molecular weight excluding hydrogens is 770 g/mol. The molecule has 0 aromatic heterocycles. The van der Waals surface area contributed by atoms with Crippen molar-refractivity contribution in [2.45, 2.75) is 103 Å². The van der Waals surface area contributed by atoms with Crippen molar-refractivity contribution in [3.8, 4) is 0 Å². The molecule has 0 heterocycles. The van der Waals surface area contributed by atoms with Gasteiger partial charge in [-0.3, -0.25) is 43.2 Å². The van der Waals surface area contributed by atoms with Crippen LogP contribution in [0.1, 0.15) is 71.8 Å². The molecule has 59 heavy (non-hydrogen) atoms. The molecule has 1 aliphatic carbocycles. The van der Waals surface area contributed by atoms with Gasteiger partial charge in [0.2, 0.25) is 53.2 Å². The Morgan fingerprint density at radius 3 is 1.80 bits per heavy atom. The molecule has 1 aliphatic rings. The maximum absolute atomic E-state index is 13.8. The molecule has 20 heteroatoms. The first-order valence-corrected chi connectivity index (χ1v) is 19.4. The standard InChI is InChI=1S/C39H57N9O11/c1-21(2)32(35(41)54)46-37(56)33(22(3)4)47-38(57)34(24-13-9-6-10-14-24)48-36(55)25(18-27(40)49)44-29(51)16-15-28(50)42-19-30(52)43-20-31(53)45-26(39(58)59)17-23-11-7-5-8-12-23/h5,7-8,11-12,15-16,21-22,24-26,32-34H,6,9-10,13-14,17-20H2,1-4H3,(H2,40,49)(H2,41,54)(H,42,50)(H,43,52)(H,44,51)(H,45,53)(H,46,56)(H,47,57)(H,48,55)(H,58,59)/b16-15+/t25-,26-,32-,33-,34?/m0/s1. The molecule has 1 unspecified atom stereocenters. The van der Waals surface area contributed by atoms with E-state index in [2.05, 4.69) is 37.2 Å². The van der Waals surface area contributed by atoms with Crippen LogP contribution in [0.5, 0.6) is 0 Å². The monoisotopic (exact) mass is 827 g/mol. The highest BCUT2D eigenvalue weighted by atomic mass is 16.4. The van der Waals surface area contributed by atoms with Gasteiger partial charge in [0.05, 0.1) is 19.5 Å². The van der Waals surface area contributed by atoms with Crippen molar-refractivity contribution in [3.63, 3.8) is 0 Å². The van der Waals surface area contributed by atoms with Gasteiger partial charge in [-0.05, 0) is 36.2 Å². The van der Waals surface area contributed by atoms with Crippen LogP contribution >= 0.6 is 0 Å². The Balaban J connectivity index is 2.02. The van der Waals surface area contributed by atoms with Crippen molar-refractivity contribution in [3.05, 3.63) is 48.0 Å². The number of hydrogen-bond acceptors (Lipinski definition) is 10. The van der Waals surface area contributed by atoms with Gasteiger partial charge in [-0.15, -0.1) is 0 Å². The van der Waals surface area contributed by atoms with E-state index < -0.39 is 115 Å². The first-order valence-electron chi connectivity index (χ1n) is 19.4. The fourth-order valence-electron chi connectivity index (χ4n) is 6.25. The summed E-state index contributed by atoms with van der Waals surface area (Å²) in [7, 11) is 0. The average molecular weight is 828 g/mol. The highest BCUT2D eigenvalue weighted by molar-refractivity contribution is 6.01. The highest BCUT2D eigenvalue weighted by Crippen LogP contribution is 2.27. The van der Waals surface area contributed by atoms with E-state index in [4.69, 9.17) is 11.5 Å². The van der Waals surface area contributed by atoms with Crippen LogP contribution in [-0.4, -0.2) is 108 Å². The van der Waals surface area contributed by atoms with Crippen LogP contribution in [0.25, 0.3) is 0 Å². The van der Waals surface area contributed by atoms with Crippen molar-refractivity contribution in [1.29, 1.82) is 0 Å². The van der Waals surface area contributed by atoms with Gasteiger partial charge in [-0.25, -0.2) is 4.79 Å². The third kappa shape index (κ3) is 17.8. The fourth-order valence-corrected chi connectivity index (χ4v) is 6.25. The summed E-state index contributed by atoms with van der Waals surface area (Å²) in [4.78, 5) is 126. The Morgan fingerprint density at radius 2 is 1.24 bits per heavy atom. The molecule has 324 valence electrons. The predicted octanol–water partition coefficient (Wildman–Crippen LogP) is -2.22. The summed E-state index contributed by atoms with van der Waals surface area (Å²) in [5.74, 6) is -9.92. The van der Waals surface area contributed by atoms with Gasteiger partial charge in [-0.1, -0.05) is 77.3 Å². The normalized spacial score (nSPS) is 15.4. The number of carboxylic acid groups (broad SMARTS) is 1. The van der Waals surface area contributed by atoms with Crippen LogP contribution in [0.15, 0.2) is 42.5 Å². The maximum Gasteiger partial charge on any atom is 0.326 e. The number of amides is 9. The first-order chi connectivity index (χ1) is 27.8. The largest absolute Gasteiger partial charge is 0.480 e. The number of benzene rings is 1. The van der Waals surface area contributed by atoms with Gasteiger partial charge in [0, 0.05) is 18.6 Å². The van der Waals surface area contributed by atoms with E-state index in [1.807, 2.05) is 0 Å². The number of carbonyl (C=O) groups excluding carboxylic acids is 9. The van der Waals surface area contributed by atoms with Gasteiger partial charge >= 0.3 is 5.97 Å². The second kappa shape index (κ2) is 24.4. The van der Waals surface area contributed by atoms with E-state index in [1.165, 1.54) is 0 Å². The fraction of sp³-hybridized carbons (Fsp3) is 0.538. The second-order valence-corrected chi connectivity index (χ2v) is 15.0. The lowest BCUT2D eigenvalue weighted by Gasteiger charge is -2.33. The molecule has 1 saturated carbocycles. The molecule has 0 bridgehead atoms. The molecule has 0 saturated heterocycles. The Bertz CT molecular complexity index is 1710. The summed E-state index contributed by atoms with van der Waals surface area (Å²) >= 11 is 0. The van der Waals surface area contributed by atoms with Crippen LogP contribution in [0.2, 0.25) is 0 Å². The number of carboxylic acids is 1. The molecule has 1 fully saturated rings. The predicted molar refractivity (Wildman–Crippen MR) is 212 cm³/mol. The van der Waals surface area contributed by atoms with Gasteiger partial charge in [-0.2, -0.15) is 0 Å². The van der Waals surface area contributed by atoms with Crippen LogP contribution < -0.4 is 48.7 Å². The summed E-state index contributed by atoms with van der Waals surface area (Å²) < 4.78 is 0. The Morgan fingerprint density at radius 1 is 0.661 bits per heavy atom. The van der Waals surface area contributed by atoms with E-state index in [1.54, 1.807) is 58.0 Å². The average Bonchev–Trinajstić information content (AvgIpc) is 3.17.